The van der Waals surface area contributed by atoms with Gasteiger partial charge in [-0.25, -0.2) is 8.78 Å². The van der Waals surface area contributed by atoms with E-state index in [4.69, 9.17) is 4.74 Å². The third-order valence-electron chi connectivity index (χ3n) is 2.17. The van der Waals surface area contributed by atoms with Crippen LogP contribution in [0.4, 0.5) is 8.78 Å². The van der Waals surface area contributed by atoms with Gasteiger partial charge in [0.05, 0.1) is 0 Å². The Balaban J connectivity index is 2.73. The fourth-order valence-corrected chi connectivity index (χ4v) is 1.13. The van der Waals surface area contributed by atoms with Crippen molar-refractivity contribution in [3.8, 4) is 0 Å². The normalized spacial score (nSPS) is 12.5. The van der Waals surface area contributed by atoms with E-state index in [1.54, 1.807) is 6.92 Å². The number of hydrogen-bond donors (Lipinski definition) is 0. The summed E-state index contributed by atoms with van der Waals surface area (Å²) >= 11 is 0. The van der Waals surface area contributed by atoms with Crippen molar-refractivity contribution in [2.75, 3.05) is 7.11 Å². The fourth-order valence-electron chi connectivity index (χ4n) is 1.13. The molecular formula is C11H12F2O2. The van der Waals surface area contributed by atoms with Crippen molar-refractivity contribution in [3.63, 3.8) is 0 Å². The first-order valence-corrected chi connectivity index (χ1v) is 4.54. The van der Waals surface area contributed by atoms with Gasteiger partial charge in [-0.05, 0) is 24.6 Å². The number of halogens is 2. The minimum Gasteiger partial charge on any atom is -0.374 e. The van der Waals surface area contributed by atoms with E-state index in [2.05, 4.69) is 0 Å². The summed E-state index contributed by atoms with van der Waals surface area (Å²) in [5.74, 6) is -2.01. The van der Waals surface area contributed by atoms with Gasteiger partial charge in [0.1, 0.15) is 6.10 Å². The van der Waals surface area contributed by atoms with Crippen LogP contribution in [0.15, 0.2) is 18.2 Å². The first kappa shape index (κ1) is 11.8. The molecule has 0 heterocycles. The van der Waals surface area contributed by atoms with E-state index in [0.29, 0.717) is 5.56 Å². The molecule has 0 spiro atoms. The maximum atomic E-state index is 12.8. The zero-order valence-electron chi connectivity index (χ0n) is 8.59. The Labute approximate surface area is 86.9 Å². The first-order valence-electron chi connectivity index (χ1n) is 4.54. The highest BCUT2D eigenvalue weighted by Gasteiger charge is 2.13. The number of benzene rings is 1. The summed E-state index contributed by atoms with van der Waals surface area (Å²) in [5.41, 5.74) is 0.447. The second-order valence-corrected chi connectivity index (χ2v) is 3.27. The molecule has 1 rings (SSSR count). The third-order valence-corrected chi connectivity index (χ3v) is 2.17. The van der Waals surface area contributed by atoms with E-state index in [9.17, 15) is 13.6 Å². The number of carbonyl (C=O) groups excluding carboxylic acids is 1. The second kappa shape index (κ2) is 4.98. The van der Waals surface area contributed by atoms with Gasteiger partial charge in [-0.1, -0.05) is 6.07 Å². The highest BCUT2D eigenvalue weighted by atomic mass is 19.2. The molecule has 0 aromatic heterocycles. The van der Waals surface area contributed by atoms with Crippen LogP contribution < -0.4 is 0 Å². The van der Waals surface area contributed by atoms with E-state index < -0.39 is 17.7 Å². The van der Waals surface area contributed by atoms with Crippen molar-refractivity contribution in [1.82, 2.24) is 0 Å². The van der Waals surface area contributed by atoms with E-state index in [-0.39, 0.29) is 12.2 Å². The lowest BCUT2D eigenvalue weighted by atomic mass is 10.1. The number of Topliss-reactive ketones (excluding diaryl/α,β-unsaturated/α-hetero) is 1. The highest BCUT2D eigenvalue weighted by molar-refractivity contribution is 5.84. The highest BCUT2D eigenvalue weighted by Crippen LogP contribution is 2.10. The summed E-state index contributed by atoms with van der Waals surface area (Å²) in [7, 11) is 1.42. The second-order valence-electron chi connectivity index (χ2n) is 3.27. The molecule has 82 valence electrons. The molecule has 1 aromatic carbocycles. The Morgan fingerprint density at radius 3 is 2.60 bits per heavy atom. The molecule has 1 atom stereocenters. The quantitative estimate of drug-likeness (QED) is 0.767. The maximum absolute atomic E-state index is 12.8. The van der Waals surface area contributed by atoms with E-state index in [1.807, 2.05) is 0 Å². The van der Waals surface area contributed by atoms with Gasteiger partial charge in [-0.15, -0.1) is 0 Å². The molecule has 4 heteroatoms. The Bertz CT molecular complexity index is 364. The van der Waals surface area contributed by atoms with E-state index >= 15 is 0 Å². The molecule has 1 unspecified atom stereocenters. The number of rotatable bonds is 4. The van der Waals surface area contributed by atoms with E-state index in [1.165, 1.54) is 13.2 Å². The standard InChI is InChI=1S/C11H12F2O2/c1-7(15-2)11(14)6-8-3-4-9(12)10(13)5-8/h3-5,7H,6H2,1-2H3. The predicted molar refractivity (Wildman–Crippen MR) is 51.5 cm³/mol. The van der Waals surface area contributed by atoms with Gasteiger partial charge in [0, 0.05) is 13.5 Å². The van der Waals surface area contributed by atoms with Crippen LogP contribution in [0.3, 0.4) is 0 Å². The largest absolute Gasteiger partial charge is 0.374 e. The molecule has 0 aliphatic heterocycles. The molecule has 0 N–H and O–H groups in total. The van der Waals surface area contributed by atoms with Crippen molar-refractivity contribution in [3.05, 3.63) is 35.4 Å². The summed E-state index contributed by atoms with van der Waals surface area (Å²) in [4.78, 5) is 11.4. The fraction of sp³-hybridized carbons (Fsp3) is 0.364. The maximum Gasteiger partial charge on any atom is 0.165 e. The smallest absolute Gasteiger partial charge is 0.165 e. The van der Waals surface area contributed by atoms with Gasteiger partial charge >= 0.3 is 0 Å². The van der Waals surface area contributed by atoms with Crippen molar-refractivity contribution >= 4 is 5.78 Å². The summed E-state index contributed by atoms with van der Waals surface area (Å²) in [6.45, 7) is 1.61. The van der Waals surface area contributed by atoms with Gasteiger partial charge in [-0.2, -0.15) is 0 Å². The Kier molecular flexibility index (Phi) is 3.91. The van der Waals surface area contributed by atoms with Crippen molar-refractivity contribution in [2.45, 2.75) is 19.4 Å². The molecule has 2 nitrogen and oxygen atoms in total. The monoisotopic (exact) mass is 214 g/mol. The van der Waals surface area contributed by atoms with Crippen LogP contribution in [0.25, 0.3) is 0 Å². The number of hydrogen-bond acceptors (Lipinski definition) is 2. The average Bonchev–Trinajstić information content (AvgIpc) is 2.22. The molecule has 15 heavy (non-hydrogen) atoms. The molecule has 0 fully saturated rings. The number of carbonyl (C=O) groups is 1. The minimum absolute atomic E-state index is 0.0478. The number of ketones is 1. The molecule has 0 bridgehead atoms. The molecule has 0 saturated heterocycles. The Morgan fingerprint density at radius 2 is 2.07 bits per heavy atom. The van der Waals surface area contributed by atoms with Crippen LogP contribution in [0.2, 0.25) is 0 Å². The summed E-state index contributed by atoms with van der Waals surface area (Å²) in [6.07, 6.45) is -0.482. The van der Waals surface area contributed by atoms with Crippen LogP contribution in [-0.4, -0.2) is 19.0 Å². The van der Waals surface area contributed by atoms with E-state index in [0.717, 1.165) is 12.1 Å². The zero-order chi connectivity index (χ0) is 11.4. The van der Waals surface area contributed by atoms with Crippen molar-refractivity contribution in [1.29, 1.82) is 0 Å². The molecule has 0 aliphatic rings. The first-order chi connectivity index (χ1) is 7.04. The van der Waals surface area contributed by atoms with Crippen LogP contribution in [-0.2, 0) is 16.0 Å². The Hall–Kier alpha value is -1.29. The van der Waals surface area contributed by atoms with Gasteiger partial charge in [0.2, 0.25) is 0 Å². The Morgan fingerprint density at radius 1 is 1.40 bits per heavy atom. The zero-order valence-corrected chi connectivity index (χ0v) is 8.59. The topological polar surface area (TPSA) is 26.3 Å². The van der Waals surface area contributed by atoms with Gasteiger partial charge < -0.3 is 4.74 Å². The molecular weight excluding hydrogens is 202 g/mol. The summed E-state index contributed by atoms with van der Waals surface area (Å²) < 4.78 is 30.2. The van der Waals surface area contributed by atoms with Crippen LogP contribution in [0.5, 0.6) is 0 Å². The molecule has 1 aromatic rings. The SMILES string of the molecule is COC(C)C(=O)Cc1ccc(F)c(F)c1. The average molecular weight is 214 g/mol. The van der Waals surface area contributed by atoms with Gasteiger partial charge in [0.25, 0.3) is 0 Å². The molecule has 0 radical (unpaired) electrons. The lowest BCUT2D eigenvalue weighted by Gasteiger charge is -2.08. The van der Waals surface area contributed by atoms with Crippen LogP contribution >= 0.6 is 0 Å². The van der Waals surface area contributed by atoms with Crippen molar-refractivity contribution < 1.29 is 18.3 Å². The molecule has 0 amide bonds. The third kappa shape index (κ3) is 3.09. The van der Waals surface area contributed by atoms with Gasteiger partial charge in [-0.3, -0.25) is 4.79 Å². The van der Waals surface area contributed by atoms with Crippen molar-refractivity contribution in [2.24, 2.45) is 0 Å². The summed E-state index contributed by atoms with van der Waals surface area (Å²) in [5, 5.41) is 0. The lowest BCUT2D eigenvalue weighted by molar-refractivity contribution is -0.127. The van der Waals surface area contributed by atoms with Crippen LogP contribution in [0.1, 0.15) is 12.5 Å². The number of ether oxygens (including phenoxy) is 1. The number of methoxy groups -OCH3 is 1. The van der Waals surface area contributed by atoms with Gasteiger partial charge in [0.15, 0.2) is 17.4 Å². The molecule has 0 saturated carbocycles. The lowest BCUT2D eigenvalue weighted by Crippen LogP contribution is -2.21. The summed E-state index contributed by atoms with van der Waals surface area (Å²) in [6, 6.07) is 3.42. The minimum atomic E-state index is -0.939. The van der Waals surface area contributed by atoms with Crippen LogP contribution in [0, 0.1) is 11.6 Å². The predicted octanol–water partition coefficient (Wildman–Crippen LogP) is 2.11. The molecule has 0 aliphatic carbocycles.